The minimum absolute atomic E-state index is 0.0471. The number of para-hydroxylation sites is 1. The molecule has 1 amide bonds. The Hall–Kier alpha value is -2.33. The number of nitrogens with zero attached hydrogens (tertiary/aromatic N) is 1. The number of carbonyl (C=O) groups is 1. The quantitative estimate of drug-likeness (QED) is 0.794. The number of likely N-dealkylation sites (tertiary alicyclic amines) is 1. The molecule has 0 saturated carbocycles. The number of primary amides is 1. The minimum Gasteiger partial charge on any atom is -0.492 e. The summed E-state index contributed by atoms with van der Waals surface area (Å²) in [5.74, 6) is 0.870. The Labute approximate surface area is 156 Å². The largest absolute Gasteiger partial charge is 0.492 e. The molecule has 4 nitrogen and oxygen atoms in total. The molecule has 138 valence electrons. The summed E-state index contributed by atoms with van der Waals surface area (Å²) in [4.78, 5) is 13.6. The summed E-state index contributed by atoms with van der Waals surface area (Å²) in [6.07, 6.45) is 3.72. The lowest BCUT2D eigenvalue weighted by atomic mass is 9.96. The molecule has 0 aromatic heterocycles. The normalized spacial score (nSPS) is 15.7. The first-order chi connectivity index (χ1) is 12.7. The van der Waals surface area contributed by atoms with Gasteiger partial charge in [0.05, 0.1) is 0 Å². The molecule has 0 bridgehead atoms. The third-order valence-electron chi connectivity index (χ3n) is 5.15. The maximum Gasteiger partial charge on any atom is 0.220 e. The van der Waals surface area contributed by atoms with Gasteiger partial charge < -0.3 is 10.5 Å². The molecule has 1 aliphatic heterocycles. The molecular formula is C22H28N2O2. The summed E-state index contributed by atoms with van der Waals surface area (Å²) in [6, 6.07) is 18.8. The van der Waals surface area contributed by atoms with Crippen molar-refractivity contribution >= 4 is 5.91 Å². The van der Waals surface area contributed by atoms with Crippen molar-refractivity contribution in [3.8, 4) is 5.75 Å². The van der Waals surface area contributed by atoms with E-state index in [0.717, 1.165) is 51.1 Å². The zero-order valence-electron chi connectivity index (χ0n) is 15.3. The third kappa shape index (κ3) is 5.33. The second-order valence-electron chi connectivity index (χ2n) is 6.96. The number of aryl methyl sites for hydroxylation is 2. The summed E-state index contributed by atoms with van der Waals surface area (Å²) in [7, 11) is 0. The van der Waals surface area contributed by atoms with Gasteiger partial charge >= 0.3 is 0 Å². The molecule has 1 aliphatic rings. The standard InChI is InChI=1S/C22H28N2O2/c23-22(25)20-12-14-24(15-13-20)16-17-26-21-9-5-4-8-19(21)11-10-18-6-2-1-3-7-18/h1-9,20H,10-17H2,(H2,23,25). The van der Waals surface area contributed by atoms with Gasteiger partial charge in [0.1, 0.15) is 12.4 Å². The van der Waals surface area contributed by atoms with E-state index < -0.39 is 0 Å². The van der Waals surface area contributed by atoms with Crippen LogP contribution in [0.1, 0.15) is 24.0 Å². The van der Waals surface area contributed by atoms with Crippen molar-refractivity contribution in [2.45, 2.75) is 25.7 Å². The van der Waals surface area contributed by atoms with Crippen LogP contribution in [-0.4, -0.2) is 37.0 Å². The molecule has 2 aromatic carbocycles. The number of hydrogen-bond donors (Lipinski definition) is 1. The SMILES string of the molecule is NC(=O)C1CCN(CCOc2ccccc2CCc2ccccc2)CC1. The van der Waals surface area contributed by atoms with Crippen LogP contribution in [0.15, 0.2) is 54.6 Å². The molecule has 1 heterocycles. The first-order valence-electron chi connectivity index (χ1n) is 9.48. The van der Waals surface area contributed by atoms with Gasteiger partial charge in [-0.15, -0.1) is 0 Å². The molecular weight excluding hydrogens is 324 g/mol. The van der Waals surface area contributed by atoms with Crippen LogP contribution >= 0.6 is 0 Å². The number of piperidine rings is 1. The Balaban J connectivity index is 1.46. The molecule has 3 rings (SSSR count). The Bertz CT molecular complexity index is 694. The number of ether oxygens (including phenoxy) is 1. The van der Waals surface area contributed by atoms with Crippen molar-refractivity contribution in [2.24, 2.45) is 11.7 Å². The van der Waals surface area contributed by atoms with Gasteiger partial charge in [0, 0.05) is 12.5 Å². The van der Waals surface area contributed by atoms with Crippen LogP contribution in [0, 0.1) is 5.92 Å². The molecule has 2 aromatic rings. The molecule has 0 aliphatic carbocycles. The second-order valence-corrected chi connectivity index (χ2v) is 6.96. The average molecular weight is 352 g/mol. The first kappa shape index (κ1) is 18.5. The highest BCUT2D eigenvalue weighted by Crippen LogP contribution is 2.21. The maximum absolute atomic E-state index is 11.2. The van der Waals surface area contributed by atoms with E-state index >= 15 is 0 Å². The molecule has 1 saturated heterocycles. The molecule has 0 spiro atoms. The van der Waals surface area contributed by atoms with Gasteiger partial charge in [0.2, 0.25) is 5.91 Å². The number of carbonyl (C=O) groups excluding carboxylic acids is 1. The monoisotopic (exact) mass is 352 g/mol. The molecule has 2 N–H and O–H groups in total. The highest BCUT2D eigenvalue weighted by molar-refractivity contribution is 5.76. The lowest BCUT2D eigenvalue weighted by Gasteiger charge is -2.30. The van der Waals surface area contributed by atoms with Crippen LogP contribution in [0.5, 0.6) is 5.75 Å². The van der Waals surface area contributed by atoms with Gasteiger partial charge in [0.25, 0.3) is 0 Å². The molecule has 26 heavy (non-hydrogen) atoms. The average Bonchev–Trinajstić information content (AvgIpc) is 2.68. The van der Waals surface area contributed by atoms with Crippen LogP contribution in [0.3, 0.4) is 0 Å². The Morgan fingerprint density at radius 2 is 1.69 bits per heavy atom. The van der Waals surface area contributed by atoms with E-state index in [2.05, 4.69) is 47.4 Å². The number of hydrogen-bond acceptors (Lipinski definition) is 3. The summed E-state index contributed by atoms with van der Waals surface area (Å²) in [6.45, 7) is 3.40. The second kappa shape index (κ2) is 9.39. The van der Waals surface area contributed by atoms with Crippen LogP contribution < -0.4 is 10.5 Å². The number of rotatable bonds is 8. The van der Waals surface area contributed by atoms with E-state index in [1.54, 1.807) is 0 Å². The Morgan fingerprint density at radius 1 is 1.00 bits per heavy atom. The lowest BCUT2D eigenvalue weighted by Crippen LogP contribution is -2.40. The zero-order valence-corrected chi connectivity index (χ0v) is 15.3. The fourth-order valence-electron chi connectivity index (χ4n) is 3.50. The molecule has 0 radical (unpaired) electrons. The summed E-state index contributed by atoms with van der Waals surface area (Å²) < 4.78 is 6.07. The Kier molecular flexibility index (Phi) is 6.67. The summed E-state index contributed by atoms with van der Waals surface area (Å²) >= 11 is 0. The minimum atomic E-state index is -0.159. The number of amides is 1. The fourth-order valence-corrected chi connectivity index (χ4v) is 3.50. The van der Waals surface area contributed by atoms with E-state index in [1.807, 2.05) is 12.1 Å². The van der Waals surface area contributed by atoms with E-state index in [-0.39, 0.29) is 11.8 Å². The first-order valence-corrected chi connectivity index (χ1v) is 9.48. The van der Waals surface area contributed by atoms with Gasteiger partial charge in [-0.05, 0) is 56.0 Å². The molecule has 4 heteroatoms. The van der Waals surface area contributed by atoms with Gasteiger partial charge in [-0.3, -0.25) is 9.69 Å². The highest BCUT2D eigenvalue weighted by Gasteiger charge is 2.22. The van der Waals surface area contributed by atoms with Crippen LogP contribution in [-0.2, 0) is 17.6 Å². The van der Waals surface area contributed by atoms with Gasteiger partial charge in [-0.2, -0.15) is 0 Å². The Morgan fingerprint density at radius 3 is 2.42 bits per heavy atom. The van der Waals surface area contributed by atoms with E-state index in [0.29, 0.717) is 6.61 Å². The van der Waals surface area contributed by atoms with Crippen molar-refractivity contribution in [3.05, 3.63) is 65.7 Å². The van der Waals surface area contributed by atoms with Crippen molar-refractivity contribution in [1.82, 2.24) is 4.90 Å². The summed E-state index contributed by atoms with van der Waals surface area (Å²) in [5, 5.41) is 0. The van der Waals surface area contributed by atoms with Gasteiger partial charge in [0.15, 0.2) is 0 Å². The smallest absolute Gasteiger partial charge is 0.220 e. The third-order valence-corrected chi connectivity index (χ3v) is 5.15. The van der Waals surface area contributed by atoms with E-state index in [1.165, 1.54) is 11.1 Å². The van der Waals surface area contributed by atoms with Gasteiger partial charge in [-0.1, -0.05) is 48.5 Å². The van der Waals surface area contributed by atoms with Crippen LogP contribution in [0.2, 0.25) is 0 Å². The summed E-state index contributed by atoms with van der Waals surface area (Å²) in [5.41, 5.74) is 7.99. The van der Waals surface area contributed by atoms with Crippen molar-refractivity contribution in [3.63, 3.8) is 0 Å². The number of benzene rings is 2. The van der Waals surface area contributed by atoms with Crippen molar-refractivity contribution in [2.75, 3.05) is 26.2 Å². The van der Waals surface area contributed by atoms with Crippen molar-refractivity contribution in [1.29, 1.82) is 0 Å². The van der Waals surface area contributed by atoms with Gasteiger partial charge in [-0.25, -0.2) is 0 Å². The predicted octanol–water partition coefficient (Wildman–Crippen LogP) is 3.05. The van der Waals surface area contributed by atoms with E-state index in [9.17, 15) is 4.79 Å². The molecule has 0 unspecified atom stereocenters. The van der Waals surface area contributed by atoms with E-state index in [4.69, 9.17) is 10.5 Å². The highest BCUT2D eigenvalue weighted by atomic mass is 16.5. The number of nitrogens with two attached hydrogens (primary N) is 1. The van der Waals surface area contributed by atoms with Crippen molar-refractivity contribution < 1.29 is 9.53 Å². The predicted molar refractivity (Wildman–Crippen MR) is 104 cm³/mol. The molecule has 0 atom stereocenters. The van der Waals surface area contributed by atoms with Crippen LogP contribution in [0.4, 0.5) is 0 Å². The topological polar surface area (TPSA) is 55.6 Å². The zero-order chi connectivity index (χ0) is 18.2. The van der Waals surface area contributed by atoms with Crippen LogP contribution in [0.25, 0.3) is 0 Å². The molecule has 1 fully saturated rings. The lowest BCUT2D eigenvalue weighted by molar-refractivity contribution is -0.123. The maximum atomic E-state index is 11.2. The fraction of sp³-hybridized carbons (Fsp3) is 0.409.